The molecule has 1 aromatic heterocycles. The number of fused-ring (bicyclic) bond motifs is 3. The van der Waals surface area contributed by atoms with Crippen molar-refractivity contribution in [2.24, 2.45) is 16.2 Å². The Balaban J connectivity index is 1.97. The van der Waals surface area contributed by atoms with Gasteiger partial charge in [-0.2, -0.15) is 5.22 Å². The molecule has 0 unspecified atom stereocenters. The van der Waals surface area contributed by atoms with Crippen LogP contribution < -0.4 is 5.84 Å². The highest BCUT2D eigenvalue weighted by atomic mass is 15.3. The minimum absolute atomic E-state index is 0.188. The molecule has 0 aliphatic heterocycles. The number of nitrogens with zero attached hydrogens (tertiary/aromatic N) is 4. The van der Waals surface area contributed by atoms with Crippen LogP contribution in [-0.2, 0) is 6.54 Å². The lowest BCUT2D eigenvalue weighted by Gasteiger charge is -2.17. The van der Waals surface area contributed by atoms with Gasteiger partial charge in [0, 0.05) is 28.4 Å². The molecule has 3 aromatic carbocycles. The number of rotatable bonds is 3. The number of hydrogen-bond acceptors (Lipinski definition) is 1. The Labute approximate surface area is 170 Å². The number of aryl methyl sites for hydroxylation is 2. The number of nitrogens with two attached hydrogens (primary N) is 1. The van der Waals surface area contributed by atoms with Crippen LogP contribution in [0.2, 0.25) is 0 Å². The van der Waals surface area contributed by atoms with Gasteiger partial charge in [0.05, 0.1) is 0 Å². The van der Waals surface area contributed by atoms with E-state index in [2.05, 4.69) is 66.9 Å². The first-order chi connectivity index (χ1) is 13.9. The summed E-state index contributed by atoms with van der Waals surface area (Å²) in [5.41, 5.74) is 9.54. The van der Waals surface area contributed by atoms with Gasteiger partial charge in [-0.25, -0.2) is 0 Å². The quantitative estimate of drug-likeness (QED) is 0.159. The van der Waals surface area contributed by atoms with Crippen LogP contribution in [0, 0.1) is 27.7 Å². The highest BCUT2D eigenvalue weighted by Crippen LogP contribution is 2.32. The van der Waals surface area contributed by atoms with E-state index >= 15 is 0 Å². The third kappa shape index (κ3) is 3.09. The van der Waals surface area contributed by atoms with Gasteiger partial charge in [0.25, 0.3) is 0 Å². The molecule has 0 spiro atoms. The van der Waals surface area contributed by atoms with E-state index in [0.717, 1.165) is 28.4 Å². The summed E-state index contributed by atoms with van der Waals surface area (Å²) in [6.45, 7) is 9.55. The van der Waals surface area contributed by atoms with Crippen LogP contribution in [0.25, 0.3) is 27.2 Å². The van der Waals surface area contributed by atoms with Gasteiger partial charge < -0.3 is 20.9 Å². The van der Waals surface area contributed by atoms with Crippen molar-refractivity contribution < 1.29 is 0 Å². The average Bonchev–Trinajstić information content (AvgIpc) is 3.03. The molecule has 5 nitrogen and oxygen atoms in total. The van der Waals surface area contributed by atoms with Crippen LogP contribution in [0.3, 0.4) is 0 Å². The molecule has 0 fully saturated rings. The van der Waals surface area contributed by atoms with E-state index < -0.39 is 0 Å². The van der Waals surface area contributed by atoms with Gasteiger partial charge in [-0.3, -0.25) is 0 Å². The fraction of sp³-hybridized carbons (Fsp3) is 0.208. The van der Waals surface area contributed by atoms with Crippen molar-refractivity contribution >= 4 is 27.6 Å². The molecule has 0 atom stereocenters. The lowest BCUT2D eigenvalue weighted by atomic mass is 9.94. The minimum atomic E-state index is -0.188. The first-order valence-electron chi connectivity index (χ1n) is 9.67. The average molecular weight is 382 g/mol. The maximum Gasteiger partial charge on any atom is 0.0494 e. The van der Waals surface area contributed by atoms with Crippen LogP contribution in [0.15, 0.2) is 58.9 Å². The minimum Gasteiger partial charge on any atom is -0.463 e. The summed E-state index contributed by atoms with van der Waals surface area (Å²) < 4.78 is 2.35. The molecule has 146 valence electrons. The summed E-state index contributed by atoms with van der Waals surface area (Å²) in [5, 5.41) is 19.1. The Morgan fingerprint density at radius 3 is 2.24 bits per heavy atom. The monoisotopic (exact) mass is 382 g/mol. The Morgan fingerprint density at radius 2 is 1.55 bits per heavy atom. The van der Waals surface area contributed by atoms with E-state index in [0.29, 0.717) is 5.56 Å². The molecule has 0 saturated carbocycles. The molecule has 4 aromatic rings. The number of para-hydroxylation sites is 1. The predicted octanol–water partition coefficient (Wildman–Crippen LogP) is 5.72. The number of amidine groups is 1. The molecule has 2 N–H and O–H groups in total. The second-order valence-electron chi connectivity index (χ2n) is 7.61. The fourth-order valence-electron chi connectivity index (χ4n) is 4.17. The number of aromatic nitrogens is 1. The molecule has 29 heavy (non-hydrogen) atoms. The highest BCUT2D eigenvalue weighted by molar-refractivity contribution is 6.12. The Morgan fingerprint density at radius 1 is 0.897 bits per heavy atom. The van der Waals surface area contributed by atoms with Gasteiger partial charge in [-0.05, 0) is 85.1 Å². The SMILES string of the molecule is Cc1cc(C)c(C)c(Cn2c3ccccc3c3cc(C(=[N-])N=NN)ccc32)c1C. The van der Waals surface area contributed by atoms with Crippen molar-refractivity contribution in [3.8, 4) is 0 Å². The van der Waals surface area contributed by atoms with Gasteiger partial charge in [0.15, 0.2) is 0 Å². The molecule has 0 bridgehead atoms. The van der Waals surface area contributed by atoms with Crippen molar-refractivity contribution in [1.82, 2.24) is 4.57 Å². The first kappa shape index (κ1) is 18.9. The Kier molecular flexibility index (Phi) is 4.66. The zero-order chi connectivity index (χ0) is 20.7. The largest absolute Gasteiger partial charge is 0.463 e. The van der Waals surface area contributed by atoms with E-state index in [1.54, 1.807) is 0 Å². The van der Waals surface area contributed by atoms with Gasteiger partial charge >= 0.3 is 0 Å². The summed E-state index contributed by atoms with van der Waals surface area (Å²) >= 11 is 0. The molecule has 5 heteroatoms. The van der Waals surface area contributed by atoms with Gasteiger partial charge in [-0.15, -0.1) is 0 Å². The maximum absolute atomic E-state index is 10.1. The zero-order valence-corrected chi connectivity index (χ0v) is 17.2. The van der Waals surface area contributed by atoms with Crippen molar-refractivity contribution in [3.63, 3.8) is 0 Å². The molecule has 1 heterocycles. The smallest absolute Gasteiger partial charge is 0.0494 e. The van der Waals surface area contributed by atoms with Gasteiger partial charge in [-0.1, -0.05) is 30.3 Å². The fourth-order valence-corrected chi connectivity index (χ4v) is 4.17. The van der Waals surface area contributed by atoms with Crippen molar-refractivity contribution in [2.45, 2.75) is 34.2 Å². The second-order valence-corrected chi connectivity index (χ2v) is 7.61. The topological polar surface area (TPSA) is 78.0 Å². The summed E-state index contributed by atoms with van der Waals surface area (Å²) in [6.07, 6.45) is 0. The van der Waals surface area contributed by atoms with Crippen molar-refractivity contribution in [3.05, 3.63) is 87.3 Å². The number of benzene rings is 3. The zero-order valence-electron chi connectivity index (χ0n) is 17.2. The highest BCUT2D eigenvalue weighted by Gasteiger charge is 2.15. The third-order valence-electron chi connectivity index (χ3n) is 6.02. The Hall–Kier alpha value is -3.47. The van der Waals surface area contributed by atoms with Crippen LogP contribution in [0.1, 0.15) is 33.4 Å². The first-order valence-corrected chi connectivity index (χ1v) is 9.67. The van der Waals surface area contributed by atoms with E-state index in [-0.39, 0.29) is 5.84 Å². The molecular formula is C24H24N5-. The van der Waals surface area contributed by atoms with E-state index in [4.69, 9.17) is 5.84 Å². The number of hydrogen-bond donors (Lipinski definition) is 1. The summed E-state index contributed by atoms with van der Waals surface area (Å²) in [7, 11) is 0. The summed E-state index contributed by atoms with van der Waals surface area (Å²) in [6, 6.07) is 16.4. The van der Waals surface area contributed by atoms with Crippen LogP contribution >= 0.6 is 0 Å². The maximum atomic E-state index is 10.1. The molecular weight excluding hydrogens is 358 g/mol. The van der Waals surface area contributed by atoms with E-state index in [1.807, 2.05) is 24.3 Å². The summed E-state index contributed by atoms with van der Waals surface area (Å²) in [5.74, 6) is 4.90. The van der Waals surface area contributed by atoms with Crippen molar-refractivity contribution in [1.29, 1.82) is 0 Å². The normalized spacial score (nSPS) is 11.7. The van der Waals surface area contributed by atoms with Crippen LogP contribution in [0.5, 0.6) is 0 Å². The molecule has 0 aliphatic carbocycles. The van der Waals surface area contributed by atoms with Crippen LogP contribution in [-0.4, -0.2) is 10.4 Å². The second kappa shape index (κ2) is 7.17. The van der Waals surface area contributed by atoms with E-state index in [1.165, 1.54) is 27.8 Å². The van der Waals surface area contributed by atoms with E-state index in [9.17, 15) is 5.41 Å². The summed E-state index contributed by atoms with van der Waals surface area (Å²) in [4.78, 5) is 0. The van der Waals surface area contributed by atoms with Gasteiger partial charge in [0.1, 0.15) is 0 Å². The molecule has 0 radical (unpaired) electrons. The lowest BCUT2D eigenvalue weighted by molar-refractivity contribution is 0.848. The molecule has 0 saturated heterocycles. The van der Waals surface area contributed by atoms with Crippen molar-refractivity contribution in [2.75, 3.05) is 0 Å². The van der Waals surface area contributed by atoms with Gasteiger partial charge in [0.2, 0.25) is 0 Å². The molecule has 4 rings (SSSR count). The standard InChI is InChI=1S/C24H24N5/c1-14-11-15(2)17(4)21(16(14)3)13-29-22-8-6-5-7-19(22)20-12-18(9-10-23(20)29)24(25)27-28-26/h5-12H,13H2,1-4H3,(H2-,25,26,27)/q-1. The third-order valence-corrected chi connectivity index (χ3v) is 6.02. The Bertz CT molecular complexity index is 1270. The molecule has 0 aliphatic rings. The predicted molar refractivity (Wildman–Crippen MR) is 120 cm³/mol. The molecule has 0 amide bonds. The van der Waals surface area contributed by atoms with Crippen LogP contribution in [0.4, 0.5) is 0 Å². The lowest BCUT2D eigenvalue weighted by Crippen LogP contribution is -2.06.